The van der Waals surface area contributed by atoms with Crippen molar-refractivity contribution >= 4 is 17.1 Å². The van der Waals surface area contributed by atoms with Crippen LogP contribution in [-0.2, 0) is 0 Å². The molecule has 0 bridgehead atoms. The van der Waals surface area contributed by atoms with Gasteiger partial charge in [-0.15, -0.1) is 5.10 Å². The highest BCUT2D eigenvalue weighted by molar-refractivity contribution is 5.75. The van der Waals surface area contributed by atoms with E-state index in [1.54, 1.807) is 11.8 Å². The summed E-state index contributed by atoms with van der Waals surface area (Å²) >= 11 is 0. The van der Waals surface area contributed by atoms with Crippen molar-refractivity contribution in [2.24, 2.45) is 0 Å². The predicted octanol–water partition coefficient (Wildman–Crippen LogP) is 2.13. The van der Waals surface area contributed by atoms with Crippen LogP contribution in [-0.4, -0.2) is 45.2 Å². The maximum absolute atomic E-state index is 5.20. The summed E-state index contributed by atoms with van der Waals surface area (Å²) in [5.41, 5.74) is 3.24. The Labute approximate surface area is 133 Å². The van der Waals surface area contributed by atoms with E-state index in [1.165, 1.54) is 12.8 Å². The van der Waals surface area contributed by atoms with E-state index in [2.05, 4.69) is 20.2 Å². The molecule has 0 atom stereocenters. The molecule has 7 nitrogen and oxygen atoms in total. The first kappa shape index (κ1) is 13.9. The Hall–Kier alpha value is -2.70. The molecule has 1 fully saturated rings. The van der Waals surface area contributed by atoms with Crippen LogP contribution in [0.15, 0.2) is 24.3 Å². The largest absolute Gasteiger partial charge is 0.497 e. The monoisotopic (exact) mass is 310 g/mol. The van der Waals surface area contributed by atoms with E-state index < -0.39 is 0 Å². The van der Waals surface area contributed by atoms with Gasteiger partial charge in [0.1, 0.15) is 5.75 Å². The van der Waals surface area contributed by atoms with Gasteiger partial charge in [-0.05, 0) is 44.0 Å². The van der Waals surface area contributed by atoms with E-state index >= 15 is 0 Å². The number of methoxy groups -OCH3 is 1. The Morgan fingerprint density at radius 2 is 1.78 bits per heavy atom. The third-order valence-corrected chi connectivity index (χ3v) is 4.17. The topological polar surface area (TPSA) is 69.0 Å². The highest BCUT2D eigenvalue weighted by Crippen LogP contribution is 2.23. The van der Waals surface area contributed by atoms with Gasteiger partial charge in [0.2, 0.25) is 5.95 Å². The minimum atomic E-state index is 0.740. The minimum absolute atomic E-state index is 0.740. The summed E-state index contributed by atoms with van der Waals surface area (Å²) in [6.45, 7) is 3.97. The van der Waals surface area contributed by atoms with Crippen molar-refractivity contribution in [1.82, 2.24) is 25.0 Å². The molecule has 1 saturated heterocycles. The van der Waals surface area contributed by atoms with Crippen molar-refractivity contribution in [2.75, 3.05) is 25.1 Å². The molecule has 0 N–H and O–H groups in total. The van der Waals surface area contributed by atoms with E-state index in [1.807, 2.05) is 31.2 Å². The molecule has 7 heteroatoms. The third kappa shape index (κ3) is 2.38. The fraction of sp³-hybridized carbons (Fsp3) is 0.375. The Bertz CT molecular complexity index is 836. The molecular formula is C16H18N6O. The van der Waals surface area contributed by atoms with Gasteiger partial charge < -0.3 is 9.64 Å². The molecule has 2 aromatic heterocycles. The molecule has 0 unspecified atom stereocenters. The molecule has 3 aromatic rings. The van der Waals surface area contributed by atoms with Gasteiger partial charge in [-0.3, -0.25) is 0 Å². The van der Waals surface area contributed by atoms with Crippen molar-refractivity contribution in [3.63, 3.8) is 0 Å². The number of hydrogen-bond acceptors (Lipinski definition) is 6. The zero-order chi connectivity index (χ0) is 15.8. The summed E-state index contributed by atoms with van der Waals surface area (Å²) in [5.74, 6) is 1.58. The molecule has 0 amide bonds. The number of rotatable bonds is 3. The summed E-state index contributed by atoms with van der Waals surface area (Å²) in [5, 5.41) is 8.50. The van der Waals surface area contributed by atoms with Gasteiger partial charge in [0.15, 0.2) is 11.2 Å². The lowest BCUT2D eigenvalue weighted by atomic mass is 10.3. The van der Waals surface area contributed by atoms with Crippen molar-refractivity contribution in [3.05, 3.63) is 30.0 Å². The fourth-order valence-electron chi connectivity index (χ4n) is 2.89. The standard InChI is InChI=1S/C16H18N6O/c1-11-14-15(18-16(17-11)21-9-3-4-10-21)22(20-19-14)12-5-7-13(23-2)8-6-12/h5-8H,3-4,9-10H2,1-2H3. The molecular weight excluding hydrogens is 292 g/mol. The first-order valence-corrected chi connectivity index (χ1v) is 7.76. The summed E-state index contributed by atoms with van der Waals surface area (Å²) < 4.78 is 6.96. The highest BCUT2D eigenvalue weighted by Gasteiger charge is 2.19. The molecule has 1 aliphatic heterocycles. The van der Waals surface area contributed by atoms with Crippen molar-refractivity contribution in [3.8, 4) is 11.4 Å². The van der Waals surface area contributed by atoms with Crippen LogP contribution in [0, 0.1) is 6.92 Å². The summed E-state index contributed by atoms with van der Waals surface area (Å²) in [7, 11) is 1.65. The van der Waals surface area contributed by atoms with Gasteiger partial charge in [0.05, 0.1) is 18.5 Å². The molecule has 4 rings (SSSR count). The lowest BCUT2D eigenvalue weighted by Gasteiger charge is -2.15. The number of benzene rings is 1. The van der Waals surface area contributed by atoms with Crippen molar-refractivity contribution < 1.29 is 4.74 Å². The predicted molar refractivity (Wildman–Crippen MR) is 87.2 cm³/mol. The van der Waals surface area contributed by atoms with E-state index in [0.717, 1.165) is 47.3 Å². The zero-order valence-corrected chi connectivity index (χ0v) is 13.2. The van der Waals surface area contributed by atoms with Crippen LogP contribution >= 0.6 is 0 Å². The van der Waals surface area contributed by atoms with Gasteiger partial charge >= 0.3 is 0 Å². The minimum Gasteiger partial charge on any atom is -0.497 e. The third-order valence-electron chi connectivity index (χ3n) is 4.17. The van der Waals surface area contributed by atoms with Crippen molar-refractivity contribution in [2.45, 2.75) is 19.8 Å². The summed E-state index contributed by atoms with van der Waals surface area (Å²) in [4.78, 5) is 11.5. The van der Waals surface area contributed by atoms with Crippen molar-refractivity contribution in [1.29, 1.82) is 0 Å². The van der Waals surface area contributed by atoms with Gasteiger partial charge in [0.25, 0.3) is 0 Å². The number of nitrogens with zero attached hydrogens (tertiary/aromatic N) is 6. The Morgan fingerprint density at radius 1 is 1.04 bits per heavy atom. The lowest BCUT2D eigenvalue weighted by molar-refractivity contribution is 0.414. The smallest absolute Gasteiger partial charge is 0.227 e. The van der Waals surface area contributed by atoms with Gasteiger partial charge in [0, 0.05) is 13.1 Å². The van der Waals surface area contributed by atoms with Crippen LogP contribution in [0.4, 0.5) is 5.95 Å². The molecule has 0 aliphatic carbocycles. The zero-order valence-electron chi connectivity index (χ0n) is 13.2. The summed E-state index contributed by atoms with van der Waals surface area (Å²) in [6, 6.07) is 7.69. The number of aryl methyl sites for hydroxylation is 1. The summed E-state index contributed by atoms with van der Waals surface area (Å²) in [6.07, 6.45) is 2.38. The van der Waals surface area contributed by atoms with E-state index in [4.69, 9.17) is 9.72 Å². The molecule has 0 saturated carbocycles. The second-order valence-electron chi connectivity index (χ2n) is 5.67. The van der Waals surface area contributed by atoms with Gasteiger partial charge in [-0.1, -0.05) is 5.21 Å². The Morgan fingerprint density at radius 3 is 2.48 bits per heavy atom. The van der Waals surface area contributed by atoms with Gasteiger partial charge in [-0.2, -0.15) is 9.67 Å². The molecule has 1 aromatic carbocycles. The van der Waals surface area contributed by atoms with Crippen LogP contribution in [0.25, 0.3) is 16.9 Å². The van der Waals surface area contributed by atoms with E-state index in [9.17, 15) is 0 Å². The van der Waals surface area contributed by atoms with Gasteiger partial charge in [-0.25, -0.2) is 4.98 Å². The lowest BCUT2D eigenvalue weighted by Crippen LogP contribution is -2.21. The second kappa shape index (κ2) is 5.49. The molecule has 23 heavy (non-hydrogen) atoms. The molecule has 1 aliphatic rings. The Kier molecular flexibility index (Phi) is 3.33. The van der Waals surface area contributed by atoms with Crippen LogP contribution < -0.4 is 9.64 Å². The number of anilines is 1. The maximum atomic E-state index is 5.20. The highest BCUT2D eigenvalue weighted by atomic mass is 16.5. The molecule has 118 valence electrons. The van der Waals surface area contributed by atoms with E-state index in [-0.39, 0.29) is 0 Å². The number of hydrogen-bond donors (Lipinski definition) is 0. The second-order valence-corrected chi connectivity index (χ2v) is 5.67. The molecule has 3 heterocycles. The quantitative estimate of drug-likeness (QED) is 0.738. The first-order chi connectivity index (χ1) is 11.3. The SMILES string of the molecule is COc1ccc(-n2nnc3c(C)nc(N4CCCC4)nc32)cc1. The van der Waals surface area contributed by atoms with Crippen LogP contribution in [0.1, 0.15) is 18.5 Å². The number of aromatic nitrogens is 5. The van der Waals surface area contributed by atoms with Crippen LogP contribution in [0.3, 0.4) is 0 Å². The average molecular weight is 310 g/mol. The fourth-order valence-corrected chi connectivity index (χ4v) is 2.89. The maximum Gasteiger partial charge on any atom is 0.227 e. The number of fused-ring (bicyclic) bond motifs is 1. The van der Waals surface area contributed by atoms with Crippen LogP contribution in [0.5, 0.6) is 5.75 Å². The van der Waals surface area contributed by atoms with Crippen LogP contribution in [0.2, 0.25) is 0 Å². The Balaban J connectivity index is 1.83. The first-order valence-electron chi connectivity index (χ1n) is 7.76. The molecule has 0 spiro atoms. The number of ether oxygens (including phenoxy) is 1. The molecule has 0 radical (unpaired) electrons. The average Bonchev–Trinajstić information content (AvgIpc) is 3.24. The van der Waals surface area contributed by atoms with E-state index in [0.29, 0.717) is 0 Å². The normalized spacial score (nSPS) is 14.6.